The van der Waals surface area contributed by atoms with Crippen molar-refractivity contribution in [2.24, 2.45) is 5.73 Å². The van der Waals surface area contributed by atoms with Crippen LogP contribution in [0.15, 0.2) is 30.5 Å². The Balaban J connectivity index is 2.49. The van der Waals surface area contributed by atoms with Crippen LogP contribution in [-0.4, -0.2) is 14.6 Å². The first-order valence-electron chi connectivity index (χ1n) is 4.91. The molecule has 3 rings (SSSR count). The zero-order valence-electron chi connectivity index (χ0n) is 8.39. The smallest absolute Gasteiger partial charge is 0.163 e. The van der Waals surface area contributed by atoms with Crippen LogP contribution in [0.3, 0.4) is 0 Å². The number of nitrogens with two attached hydrogens (primary N) is 1. The van der Waals surface area contributed by atoms with Gasteiger partial charge in [-0.1, -0.05) is 0 Å². The zero-order valence-corrected chi connectivity index (χ0v) is 8.39. The summed E-state index contributed by atoms with van der Waals surface area (Å²) in [5.74, 6) is -0.301. The van der Waals surface area contributed by atoms with Gasteiger partial charge in [0.05, 0.1) is 11.2 Å². The Hall–Kier alpha value is -2.01. The van der Waals surface area contributed by atoms with E-state index in [9.17, 15) is 4.39 Å². The van der Waals surface area contributed by atoms with Crippen molar-refractivity contribution in [3.05, 3.63) is 42.0 Å². The molecule has 0 radical (unpaired) electrons. The minimum Gasteiger partial charge on any atom is -0.325 e. The lowest BCUT2D eigenvalue weighted by Crippen LogP contribution is -2.05. The summed E-state index contributed by atoms with van der Waals surface area (Å²) in [6, 6.07) is 6.28. The van der Waals surface area contributed by atoms with Crippen LogP contribution >= 0.6 is 0 Å². The molecule has 1 aromatic carbocycles. The van der Waals surface area contributed by atoms with Gasteiger partial charge in [0.25, 0.3) is 0 Å². The number of rotatable bonds is 1. The van der Waals surface area contributed by atoms with Gasteiger partial charge in [-0.3, -0.25) is 0 Å². The number of hydrogen-bond donors (Lipinski definition) is 1. The SMILES string of the molecule is NCc1ccnc2c3ccc(F)cc3nn12. The first-order valence-corrected chi connectivity index (χ1v) is 4.91. The summed E-state index contributed by atoms with van der Waals surface area (Å²) >= 11 is 0. The van der Waals surface area contributed by atoms with E-state index in [-0.39, 0.29) is 5.82 Å². The average molecular weight is 216 g/mol. The van der Waals surface area contributed by atoms with E-state index in [1.165, 1.54) is 12.1 Å². The van der Waals surface area contributed by atoms with Crippen LogP contribution in [0.5, 0.6) is 0 Å². The molecule has 2 heterocycles. The van der Waals surface area contributed by atoms with E-state index in [0.717, 1.165) is 11.1 Å². The highest BCUT2D eigenvalue weighted by Gasteiger charge is 2.08. The zero-order chi connectivity index (χ0) is 11.1. The van der Waals surface area contributed by atoms with Crippen molar-refractivity contribution in [3.63, 3.8) is 0 Å². The second-order valence-corrected chi connectivity index (χ2v) is 3.54. The monoisotopic (exact) mass is 216 g/mol. The Morgan fingerprint density at radius 3 is 3.00 bits per heavy atom. The summed E-state index contributed by atoms with van der Waals surface area (Å²) in [7, 11) is 0. The summed E-state index contributed by atoms with van der Waals surface area (Å²) in [4.78, 5) is 4.23. The number of benzene rings is 1. The van der Waals surface area contributed by atoms with E-state index >= 15 is 0 Å². The normalized spacial score (nSPS) is 11.4. The quantitative estimate of drug-likeness (QED) is 0.670. The molecule has 80 valence electrons. The van der Waals surface area contributed by atoms with Gasteiger partial charge in [0, 0.05) is 24.2 Å². The fourth-order valence-corrected chi connectivity index (χ4v) is 1.79. The van der Waals surface area contributed by atoms with Gasteiger partial charge in [-0.15, -0.1) is 0 Å². The van der Waals surface area contributed by atoms with Crippen LogP contribution in [0.1, 0.15) is 5.69 Å². The van der Waals surface area contributed by atoms with E-state index in [1.54, 1.807) is 22.8 Å². The highest BCUT2D eigenvalue weighted by Crippen LogP contribution is 2.19. The molecule has 0 bridgehead atoms. The van der Waals surface area contributed by atoms with Crippen molar-refractivity contribution < 1.29 is 4.39 Å². The fourth-order valence-electron chi connectivity index (χ4n) is 1.79. The van der Waals surface area contributed by atoms with Gasteiger partial charge in [0.1, 0.15) is 5.82 Å². The van der Waals surface area contributed by atoms with Crippen LogP contribution in [0, 0.1) is 5.82 Å². The molecule has 16 heavy (non-hydrogen) atoms. The first-order chi connectivity index (χ1) is 7.79. The standard InChI is InChI=1S/C11H9FN4/c12-7-1-2-9-10(5-7)15-16-8(6-13)3-4-14-11(9)16/h1-5H,6,13H2. The molecule has 0 atom stereocenters. The van der Waals surface area contributed by atoms with Crippen molar-refractivity contribution in [2.75, 3.05) is 0 Å². The Kier molecular flexibility index (Phi) is 1.87. The lowest BCUT2D eigenvalue weighted by Gasteiger charge is -1.98. The Labute approximate surface area is 90.5 Å². The van der Waals surface area contributed by atoms with Crippen molar-refractivity contribution >= 4 is 16.6 Å². The summed E-state index contributed by atoms with van der Waals surface area (Å²) in [6.07, 6.45) is 1.68. The molecule has 5 heteroatoms. The second-order valence-electron chi connectivity index (χ2n) is 3.54. The molecular formula is C11H9FN4. The van der Waals surface area contributed by atoms with Gasteiger partial charge >= 0.3 is 0 Å². The Bertz CT molecular complexity index is 674. The molecule has 3 aromatic rings. The van der Waals surface area contributed by atoms with Crippen molar-refractivity contribution in [3.8, 4) is 0 Å². The van der Waals surface area contributed by atoms with E-state index in [0.29, 0.717) is 17.7 Å². The third-order valence-corrected chi connectivity index (χ3v) is 2.55. The summed E-state index contributed by atoms with van der Waals surface area (Å²) < 4.78 is 14.7. The number of hydrogen-bond acceptors (Lipinski definition) is 3. The molecule has 0 unspecified atom stereocenters. The van der Waals surface area contributed by atoms with Gasteiger partial charge in [-0.25, -0.2) is 13.9 Å². The van der Waals surface area contributed by atoms with Gasteiger partial charge in [-0.2, -0.15) is 5.10 Å². The predicted octanol–water partition coefficient (Wildman–Crippen LogP) is 1.48. The van der Waals surface area contributed by atoms with Gasteiger partial charge in [-0.05, 0) is 18.2 Å². The molecule has 2 N–H and O–H groups in total. The Morgan fingerprint density at radius 1 is 1.31 bits per heavy atom. The van der Waals surface area contributed by atoms with E-state index in [1.807, 2.05) is 0 Å². The minimum atomic E-state index is -0.301. The highest BCUT2D eigenvalue weighted by atomic mass is 19.1. The predicted molar refractivity (Wildman–Crippen MR) is 58.3 cm³/mol. The number of halogens is 1. The molecule has 0 aliphatic heterocycles. The third kappa shape index (κ3) is 1.18. The number of fused-ring (bicyclic) bond motifs is 3. The van der Waals surface area contributed by atoms with Crippen molar-refractivity contribution in [1.29, 1.82) is 0 Å². The maximum Gasteiger partial charge on any atom is 0.163 e. The molecular weight excluding hydrogens is 207 g/mol. The Morgan fingerprint density at radius 2 is 2.19 bits per heavy atom. The highest BCUT2D eigenvalue weighted by molar-refractivity contribution is 5.91. The molecule has 0 aliphatic carbocycles. The molecule has 0 saturated heterocycles. The third-order valence-electron chi connectivity index (χ3n) is 2.55. The molecule has 0 aliphatic rings. The molecule has 0 amide bonds. The summed E-state index contributed by atoms with van der Waals surface area (Å²) in [5.41, 5.74) is 7.75. The van der Waals surface area contributed by atoms with Crippen LogP contribution in [0.4, 0.5) is 4.39 Å². The maximum absolute atomic E-state index is 13.1. The van der Waals surface area contributed by atoms with Crippen LogP contribution in [-0.2, 0) is 6.54 Å². The van der Waals surface area contributed by atoms with Crippen LogP contribution in [0.2, 0.25) is 0 Å². The van der Waals surface area contributed by atoms with E-state index in [4.69, 9.17) is 5.73 Å². The number of aromatic nitrogens is 3. The van der Waals surface area contributed by atoms with Gasteiger partial charge in [0.15, 0.2) is 5.65 Å². The number of nitrogens with zero attached hydrogens (tertiary/aromatic N) is 3. The molecule has 4 nitrogen and oxygen atoms in total. The molecule has 0 fully saturated rings. The minimum absolute atomic E-state index is 0.301. The lowest BCUT2D eigenvalue weighted by atomic mass is 10.2. The topological polar surface area (TPSA) is 56.2 Å². The molecule has 0 saturated carbocycles. The van der Waals surface area contributed by atoms with E-state index < -0.39 is 0 Å². The van der Waals surface area contributed by atoms with Gasteiger partial charge < -0.3 is 5.73 Å². The van der Waals surface area contributed by atoms with Crippen molar-refractivity contribution in [2.45, 2.75) is 6.54 Å². The summed E-state index contributed by atoms with van der Waals surface area (Å²) in [6.45, 7) is 0.371. The van der Waals surface area contributed by atoms with Crippen LogP contribution < -0.4 is 5.73 Å². The maximum atomic E-state index is 13.1. The largest absolute Gasteiger partial charge is 0.325 e. The van der Waals surface area contributed by atoms with E-state index in [2.05, 4.69) is 10.1 Å². The van der Waals surface area contributed by atoms with Gasteiger partial charge in [0.2, 0.25) is 0 Å². The van der Waals surface area contributed by atoms with Crippen molar-refractivity contribution in [1.82, 2.24) is 14.6 Å². The van der Waals surface area contributed by atoms with Crippen LogP contribution in [0.25, 0.3) is 16.6 Å². The average Bonchev–Trinajstić information content (AvgIpc) is 2.65. The first kappa shape index (κ1) is 9.23. The fraction of sp³-hybridized carbons (Fsp3) is 0.0909. The summed E-state index contributed by atoms with van der Waals surface area (Å²) in [5, 5.41) is 5.11. The lowest BCUT2D eigenvalue weighted by molar-refractivity contribution is 0.629. The molecule has 0 spiro atoms. The molecule has 2 aromatic heterocycles. The second kappa shape index (κ2) is 3.24.